The van der Waals surface area contributed by atoms with Gasteiger partial charge >= 0.3 is 0 Å². The van der Waals surface area contributed by atoms with Gasteiger partial charge in [0.2, 0.25) is 0 Å². The molecule has 2 N–H and O–H groups in total. The van der Waals surface area contributed by atoms with Gasteiger partial charge in [0.25, 0.3) is 0 Å². The van der Waals surface area contributed by atoms with Crippen molar-refractivity contribution in [3.8, 4) is 0 Å². The summed E-state index contributed by atoms with van der Waals surface area (Å²) in [6, 6.07) is 0. The van der Waals surface area contributed by atoms with Gasteiger partial charge in [-0.15, -0.1) is 24.0 Å². The molecule has 120 valence electrons. The van der Waals surface area contributed by atoms with Gasteiger partial charge in [0.05, 0.1) is 11.5 Å². The second-order valence-corrected chi connectivity index (χ2v) is 7.70. The number of aliphatic imine (C=N–C) groups is 1. The number of halogens is 1. The molecule has 1 saturated heterocycles. The summed E-state index contributed by atoms with van der Waals surface area (Å²) < 4.78 is 22.6. The number of nitrogens with one attached hydrogen (secondary N) is 2. The van der Waals surface area contributed by atoms with Gasteiger partial charge < -0.3 is 10.6 Å². The number of nitrogens with zero attached hydrogens (tertiary/aromatic N) is 2. The molecule has 1 aliphatic rings. The minimum absolute atomic E-state index is 0. The molecule has 0 amide bonds. The zero-order chi connectivity index (χ0) is 14.1. The molecule has 0 aliphatic carbocycles. The van der Waals surface area contributed by atoms with E-state index in [9.17, 15) is 8.42 Å². The Morgan fingerprint density at radius 3 is 2.40 bits per heavy atom. The maximum absolute atomic E-state index is 11.3. The van der Waals surface area contributed by atoms with Crippen LogP contribution in [0.25, 0.3) is 0 Å². The van der Waals surface area contributed by atoms with E-state index in [2.05, 4.69) is 26.8 Å². The minimum Gasteiger partial charge on any atom is -0.356 e. The largest absolute Gasteiger partial charge is 0.356 e. The molecule has 0 aromatic carbocycles. The summed E-state index contributed by atoms with van der Waals surface area (Å²) >= 11 is 1.79. The Bertz CT molecular complexity index is 376. The number of rotatable bonds is 6. The monoisotopic (exact) mass is 436 g/mol. The molecule has 1 aliphatic heterocycles. The van der Waals surface area contributed by atoms with Gasteiger partial charge in [-0.3, -0.25) is 9.89 Å². The van der Waals surface area contributed by atoms with Crippen LogP contribution < -0.4 is 10.6 Å². The predicted molar refractivity (Wildman–Crippen MR) is 98.3 cm³/mol. The summed E-state index contributed by atoms with van der Waals surface area (Å²) in [6.45, 7) is 3.80. The van der Waals surface area contributed by atoms with Gasteiger partial charge in [-0.2, -0.15) is 11.8 Å². The Balaban J connectivity index is 0.00000361. The van der Waals surface area contributed by atoms with Gasteiger partial charge in [-0.25, -0.2) is 8.42 Å². The fraction of sp³-hybridized carbons (Fsp3) is 0.909. The highest BCUT2D eigenvalue weighted by Gasteiger charge is 2.20. The lowest BCUT2D eigenvalue weighted by atomic mass is 10.4. The first kappa shape index (κ1) is 20.3. The molecule has 6 nitrogen and oxygen atoms in total. The van der Waals surface area contributed by atoms with E-state index >= 15 is 0 Å². The highest BCUT2D eigenvalue weighted by atomic mass is 127. The molecule has 0 bridgehead atoms. The Labute approximate surface area is 143 Å². The van der Waals surface area contributed by atoms with Crippen molar-refractivity contribution in [3.63, 3.8) is 0 Å². The van der Waals surface area contributed by atoms with E-state index in [1.165, 1.54) is 0 Å². The van der Waals surface area contributed by atoms with Crippen LogP contribution in [0.1, 0.15) is 0 Å². The topological polar surface area (TPSA) is 73.8 Å². The van der Waals surface area contributed by atoms with E-state index < -0.39 is 9.84 Å². The zero-order valence-electron chi connectivity index (χ0n) is 12.1. The van der Waals surface area contributed by atoms with Crippen molar-refractivity contribution in [1.29, 1.82) is 0 Å². The number of hydrogen-bond acceptors (Lipinski definition) is 5. The lowest BCUT2D eigenvalue weighted by Crippen LogP contribution is -2.46. The third-order valence-corrected chi connectivity index (χ3v) is 5.20. The van der Waals surface area contributed by atoms with Gasteiger partial charge in [-0.05, 0) is 6.26 Å². The third kappa shape index (κ3) is 8.53. The maximum atomic E-state index is 11.3. The lowest BCUT2D eigenvalue weighted by molar-refractivity contribution is 0.299. The molecule has 0 aromatic heterocycles. The van der Waals surface area contributed by atoms with Crippen LogP contribution in [0.4, 0.5) is 0 Å². The summed E-state index contributed by atoms with van der Waals surface area (Å²) in [5.74, 6) is 2.42. The highest BCUT2D eigenvalue weighted by molar-refractivity contribution is 14.0. The normalized spacial score (nSPS) is 19.2. The molecule has 0 aromatic rings. The SMILES string of the molecule is CN=C(NCCSC)NCCN1CCS(=O)(=O)CC1.I. The number of sulfone groups is 1. The van der Waals surface area contributed by atoms with Crippen LogP contribution in [0.3, 0.4) is 0 Å². The average molecular weight is 436 g/mol. The van der Waals surface area contributed by atoms with Crippen LogP contribution >= 0.6 is 35.7 Å². The molecule has 0 unspecified atom stereocenters. The van der Waals surface area contributed by atoms with Crippen LogP contribution in [-0.4, -0.2) is 82.6 Å². The summed E-state index contributed by atoms with van der Waals surface area (Å²) in [4.78, 5) is 6.31. The van der Waals surface area contributed by atoms with E-state index in [0.29, 0.717) is 13.1 Å². The van der Waals surface area contributed by atoms with Crippen LogP contribution in [-0.2, 0) is 9.84 Å². The fourth-order valence-electron chi connectivity index (χ4n) is 1.80. The lowest BCUT2D eigenvalue weighted by Gasteiger charge is -2.26. The second-order valence-electron chi connectivity index (χ2n) is 4.41. The fourth-order valence-corrected chi connectivity index (χ4v) is 3.38. The third-order valence-electron chi connectivity index (χ3n) is 2.98. The Morgan fingerprint density at radius 2 is 1.85 bits per heavy atom. The molecule has 0 radical (unpaired) electrons. The minimum atomic E-state index is -2.78. The quantitative estimate of drug-likeness (QED) is 0.262. The van der Waals surface area contributed by atoms with Gasteiger partial charge in [0, 0.05) is 45.5 Å². The van der Waals surface area contributed by atoms with E-state index in [4.69, 9.17) is 0 Å². The average Bonchev–Trinajstić information content (AvgIpc) is 2.39. The van der Waals surface area contributed by atoms with Crippen molar-refractivity contribution in [1.82, 2.24) is 15.5 Å². The smallest absolute Gasteiger partial charge is 0.191 e. The first-order valence-corrected chi connectivity index (χ1v) is 9.65. The Morgan fingerprint density at radius 1 is 1.25 bits per heavy atom. The van der Waals surface area contributed by atoms with Gasteiger partial charge in [0.15, 0.2) is 15.8 Å². The Hall–Kier alpha value is 0.260. The van der Waals surface area contributed by atoms with Crippen LogP contribution in [0.2, 0.25) is 0 Å². The molecular weight excluding hydrogens is 411 g/mol. The van der Waals surface area contributed by atoms with Gasteiger partial charge in [0.1, 0.15) is 0 Å². The summed E-state index contributed by atoms with van der Waals surface area (Å²) in [7, 11) is -1.03. The number of thioether (sulfide) groups is 1. The van der Waals surface area contributed by atoms with E-state index in [1.54, 1.807) is 18.8 Å². The molecule has 1 fully saturated rings. The molecule has 9 heteroatoms. The molecule has 0 spiro atoms. The van der Waals surface area contributed by atoms with Crippen LogP contribution in [0.5, 0.6) is 0 Å². The zero-order valence-corrected chi connectivity index (χ0v) is 16.1. The van der Waals surface area contributed by atoms with Crippen LogP contribution in [0, 0.1) is 0 Å². The number of guanidine groups is 1. The van der Waals surface area contributed by atoms with Crippen molar-refractivity contribution in [2.24, 2.45) is 4.99 Å². The molecular formula is C11H25IN4O2S2. The first-order valence-electron chi connectivity index (χ1n) is 6.43. The van der Waals surface area contributed by atoms with Crippen molar-refractivity contribution in [2.45, 2.75) is 0 Å². The van der Waals surface area contributed by atoms with Crippen molar-refractivity contribution in [3.05, 3.63) is 0 Å². The van der Waals surface area contributed by atoms with Crippen LogP contribution in [0.15, 0.2) is 4.99 Å². The summed E-state index contributed by atoms with van der Waals surface area (Å²) in [5, 5.41) is 6.46. The first-order chi connectivity index (χ1) is 9.07. The molecule has 0 atom stereocenters. The molecule has 0 saturated carbocycles. The van der Waals surface area contributed by atoms with Crippen molar-refractivity contribution < 1.29 is 8.42 Å². The summed E-state index contributed by atoms with van der Waals surface area (Å²) in [6.07, 6.45) is 2.07. The summed E-state index contributed by atoms with van der Waals surface area (Å²) in [5.41, 5.74) is 0. The maximum Gasteiger partial charge on any atom is 0.191 e. The second kappa shape index (κ2) is 10.9. The van der Waals surface area contributed by atoms with Crippen molar-refractivity contribution >= 4 is 51.5 Å². The van der Waals surface area contributed by atoms with E-state index in [1.807, 2.05) is 0 Å². The standard InChI is InChI=1S/C11H24N4O2S2.HI/c1-12-11(14-4-8-18-2)13-3-5-15-6-9-19(16,17)10-7-15;/h3-10H2,1-2H3,(H2,12,13,14);1H. The molecule has 1 rings (SSSR count). The molecule has 20 heavy (non-hydrogen) atoms. The van der Waals surface area contributed by atoms with E-state index in [0.717, 1.165) is 31.3 Å². The predicted octanol–water partition coefficient (Wildman–Crippen LogP) is -0.137. The highest BCUT2D eigenvalue weighted by Crippen LogP contribution is 2.02. The van der Waals surface area contributed by atoms with Crippen molar-refractivity contribution in [2.75, 3.05) is 63.3 Å². The Kier molecular flexibility index (Phi) is 11.1. The number of hydrogen-bond donors (Lipinski definition) is 2. The van der Waals surface area contributed by atoms with E-state index in [-0.39, 0.29) is 35.5 Å². The molecule has 1 heterocycles. The van der Waals surface area contributed by atoms with Gasteiger partial charge in [-0.1, -0.05) is 0 Å².